The summed E-state index contributed by atoms with van der Waals surface area (Å²) in [6.07, 6.45) is -0.294. The highest BCUT2D eigenvalue weighted by Crippen LogP contribution is 2.41. The topological polar surface area (TPSA) is 52.4 Å². The minimum absolute atomic E-state index is 0.0664. The van der Waals surface area contributed by atoms with Crippen LogP contribution in [0.25, 0.3) is 0 Å². The summed E-state index contributed by atoms with van der Waals surface area (Å²) in [4.78, 5) is 10.8. The first-order valence-electron chi connectivity index (χ1n) is 6.57. The van der Waals surface area contributed by atoms with Crippen molar-refractivity contribution in [1.29, 1.82) is 0 Å². The molecule has 4 nitrogen and oxygen atoms in total. The van der Waals surface area contributed by atoms with Gasteiger partial charge in [0.25, 0.3) is 5.69 Å². The molecule has 0 amide bonds. The predicted octanol–water partition coefficient (Wildman–Crippen LogP) is 5.05. The summed E-state index contributed by atoms with van der Waals surface area (Å²) in [5.41, 5.74) is 0.759. The standard InChI is InChI=1S/C14H22BrNO3Si/c1-14(2,3)20(4,5)19-13(10-15)11-8-6-7-9-12(11)16(17)18/h6-9,13H,10H2,1-5H3. The van der Waals surface area contributed by atoms with Gasteiger partial charge in [-0.15, -0.1) is 0 Å². The van der Waals surface area contributed by atoms with Crippen LogP contribution in [0.5, 0.6) is 0 Å². The number of hydrogen-bond donors (Lipinski definition) is 0. The molecule has 1 rings (SSSR count). The van der Waals surface area contributed by atoms with Gasteiger partial charge in [-0.2, -0.15) is 0 Å². The highest BCUT2D eigenvalue weighted by Gasteiger charge is 2.40. The van der Waals surface area contributed by atoms with Crippen LogP contribution >= 0.6 is 15.9 Å². The first-order chi connectivity index (χ1) is 9.10. The van der Waals surface area contributed by atoms with Gasteiger partial charge in [-0.05, 0) is 24.2 Å². The number of para-hydroxylation sites is 1. The molecule has 0 saturated heterocycles. The summed E-state index contributed by atoms with van der Waals surface area (Å²) >= 11 is 3.43. The molecule has 20 heavy (non-hydrogen) atoms. The lowest BCUT2D eigenvalue weighted by Gasteiger charge is -2.38. The largest absolute Gasteiger partial charge is 0.409 e. The van der Waals surface area contributed by atoms with E-state index in [1.54, 1.807) is 12.1 Å². The summed E-state index contributed by atoms with van der Waals surface area (Å²) in [6, 6.07) is 6.80. The van der Waals surface area contributed by atoms with Crippen LogP contribution in [0, 0.1) is 10.1 Å². The van der Waals surface area contributed by atoms with Gasteiger partial charge in [0, 0.05) is 11.4 Å². The maximum absolute atomic E-state index is 11.2. The molecule has 1 aromatic carbocycles. The number of rotatable bonds is 5. The smallest absolute Gasteiger partial charge is 0.275 e. The third-order valence-corrected chi connectivity index (χ3v) is 8.94. The molecule has 112 valence electrons. The van der Waals surface area contributed by atoms with Crippen molar-refractivity contribution in [3.05, 3.63) is 39.9 Å². The Morgan fingerprint density at radius 3 is 2.35 bits per heavy atom. The van der Waals surface area contributed by atoms with Gasteiger partial charge in [-0.3, -0.25) is 10.1 Å². The molecule has 1 aromatic rings. The van der Waals surface area contributed by atoms with Crippen molar-refractivity contribution in [3.63, 3.8) is 0 Å². The molecule has 0 saturated carbocycles. The van der Waals surface area contributed by atoms with Crippen LogP contribution in [-0.4, -0.2) is 18.6 Å². The Kier molecular flexibility index (Phi) is 5.51. The number of hydrogen-bond acceptors (Lipinski definition) is 3. The van der Waals surface area contributed by atoms with E-state index in [4.69, 9.17) is 4.43 Å². The third kappa shape index (κ3) is 3.90. The van der Waals surface area contributed by atoms with Crippen molar-refractivity contribution in [2.45, 2.75) is 45.0 Å². The Morgan fingerprint density at radius 2 is 1.90 bits per heavy atom. The predicted molar refractivity (Wildman–Crippen MR) is 87.9 cm³/mol. The summed E-state index contributed by atoms with van der Waals surface area (Å²) in [6.45, 7) is 10.8. The zero-order valence-electron chi connectivity index (χ0n) is 12.6. The average molecular weight is 360 g/mol. The van der Waals surface area contributed by atoms with Crippen LogP contribution in [0.2, 0.25) is 18.1 Å². The van der Waals surface area contributed by atoms with Gasteiger partial charge in [0.05, 0.1) is 16.6 Å². The molecule has 0 aromatic heterocycles. The Balaban J connectivity index is 3.13. The number of alkyl halides is 1. The molecule has 0 spiro atoms. The van der Waals surface area contributed by atoms with Crippen molar-refractivity contribution in [1.82, 2.24) is 0 Å². The number of nitro groups is 1. The summed E-state index contributed by atoms with van der Waals surface area (Å²) in [5.74, 6) is 0. The van der Waals surface area contributed by atoms with Crippen LogP contribution in [0.1, 0.15) is 32.4 Å². The Labute approximate surface area is 129 Å². The fourth-order valence-corrected chi connectivity index (χ4v) is 3.64. The van der Waals surface area contributed by atoms with Gasteiger partial charge < -0.3 is 4.43 Å². The highest BCUT2D eigenvalue weighted by atomic mass is 79.9. The maximum atomic E-state index is 11.2. The lowest BCUT2D eigenvalue weighted by molar-refractivity contribution is -0.386. The Bertz CT molecular complexity index is 486. The number of halogens is 1. The van der Waals surface area contributed by atoms with Gasteiger partial charge in [-0.1, -0.05) is 48.8 Å². The van der Waals surface area contributed by atoms with Crippen molar-refractivity contribution in [3.8, 4) is 0 Å². The monoisotopic (exact) mass is 359 g/mol. The van der Waals surface area contributed by atoms with Crippen molar-refractivity contribution < 1.29 is 9.35 Å². The molecule has 6 heteroatoms. The molecular weight excluding hydrogens is 338 g/mol. The quantitative estimate of drug-likeness (QED) is 0.319. The molecule has 0 aliphatic heterocycles. The molecule has 0 fully saturated rings. The normalized spacial score (nSPS) is 14.1. The highest BCUT2D eigenvalue weighted by molar-refractivity contribution is 9.09. The lowest BCUT2D eigenvalue weighted by Crippen LogP contribution is -2.42. The number of nitrogens with zero attached hydrogens (tertiary/aromatic N) is 1. The van der Waals surface area contributed by atoms with E-state index in [0.29, 0.717) is 10.9 Å². The van der Waals surface area contributed by atoms with E-state index in [0.717, 1.165) is 0 Å². The van der Waals surface area contributed by atoms with E-state index in [1.807, 2.05) is 6.07 Å². The zero-order chi connectivity index (χ0) is 15.6. The molecular formula is C14H22BrNO3Si. The molecule has 0 aliphatic carbocycles. The zero-order valence-corrected chi connectivity index (χ0v) is 15.2. The second-order valence-corrected chi connectivity index (χ2v) is 11.7. The van der Waals surface area contributed by atoms with Crippen molar-refractivity contribution >= 4 is 29.9 Å². The van der Waals surface area contributed by atoms with E-state index in [1.165, 1.54) is 6.07 Å². The molecule has 0 N–H and O–H groups in total. The van der Waals surface area contributed by atoms with Gasteiger partial charge in [0.2, 0.25) is 0 Å². The molecule has 0 aliphatic rings. The number of benzene rings is 1. The molecule has 0 radical (unpaired) electrons. The maximum Gasteiger partial charge on any atom is 0.275 e. The van der Waals surface area contributed by atoms with E-state index < -0.39 is 8.32 Å². The van der Waals surface area contributed by atoms with Gasteiger partial charge in [-0.25, -0.2) is 0 Å². The number of nitro benzene ring substituents is 1. The van der Waals surface area contributed by atoms with E-state index in [-0.39, 0.29) is 21.8 Å². The van der Waals surface area contributed by atoms with Crippen LogP contribution in [-0.2, 0) is 4.43 Å². The minimum Gasteiger partial charge on any atom is -0.409 e. The lowest BCUT2D eigenvalue weighted by atomic mass is 10.1. The Hall–Kier alpha value is -0.723. The molecule has 1 atom stereocenters. The second-order valence-electron chi connectivity index (χ2n) is 6.34. The molecule has 1 unspecified atom stereocenters. The fourth-order valence-electron chi connectivity index (χ4n) is 1.64. The van der Waals surface area contributed by atoms with Crippen molar-refractivity contribution in [2.75, 3.05) is 5.33 Å². The van der Waals surface area contributed by atoms with Crippen LogP contribution in [0.3, 0.4) is 0 Å². The Morgan fingerprint density at radius 1 is 1.35 bits per heavy atom. The van der Waals surface area contributed by atoms with Gasteiger partial charge in [0.1, 0.15) is 0 Å². The fraction of sp³-hybridized carbons (Fsp3) is 0.571. The first kappa shape index (κ1) is 17.3. The van der Waals surface area contributed by atoms with Crippen LogP contribution < -0.4 is 0 Å². The van der Waals surface area contributed by atoms with E-state index >= 15 is 0 Å². The van der Waals surface area contributed by atoms with Crippen LogP contribution in [0.15, 0.2) is 24.3 Å². The first-order valence-corrected chi connectivity index (χ1v) is 10.6. The SMILES string of the molecule is CC(C)(C)[Si](C)(C)OC(CBr)c1ccccc1[N+](=O)[O-]. The van der Waals surface area contributed by atoms with Gasteiger partial charge in [0.15, 0.2) is 8.32 Å². The van der Waals surface area contributed by atoms with Crippen LogP contribution in [0.4, 0.5) is 5.69 Å². The third-order valence-electron chi connectivity index (χ3n) is 3.86. The van der Waals surface area contributed by atoms with E-state index in [9.17, 15) is 10.1 Å². The minimum atomic E-state index is -1.98. The average Bonchev–Trinajstić information content (AvgIpc) is 2.34. The summed E-state index contributed by atoms with van der Waals surface area (Å²) in [7, 11) is -1.98. The van der Waals surface area contributed by atoms with Gasteiger partial charge >= 0.3 is 0 Å². The molecule has 0 heterocycles. The summed E-state index contributed by atoms with van der Waals surface area (Å²) in [5, 5.41) is 11.8. The summed E-state index contributed by atoms with van der Waals surface area (Å²) < 4.78 is 6.32. The van der Waals surface area contributed by atoms with Crippen molar-refractivity contribution in [2.24, 2.45) is 0 Å². The molecule has 0 bridgehead atoms. The van der Waals surface area contributed by atoms with E-state index in [2.05, 4.69) is 49.8 Å². The second kappa shape index (κ2) is 6.36.